The fraction of sp³-hybridized carbons (Fsp3) is 0.308. The van der Waals surface area contributed by atoms with E-state index in [0.29, 0.717) is 0 Å². The van der Waals surface area contributed by atoms with E-state index in [4.69, 9.17) is 0 Å². The molecule has 0 heterocycles. The van der Waals surface area contributed by atoms with Crippen LogP contribution in [0.1, 0.15) is 24.0 Å². The van der Waals surface area contributed by atoms with E-state index in [1.807, 2.05) is 31.2 Å². The molecule has 0 bridgehead atoms. The van der Waals surface area contributed by atoms with E-state index in [0.717, 1.165) is 24.0 Å². The second-order valence-corrected chi connectivity index (χ2v) is 4.36. The number of hydrogen-bond donors (Lipinski definition) is 2. The third-order valence-corrected chi connectivity index (χ3v) is 2.58. The fourth-order valence-corrected chi connectivity index (χ4v) is 1.35. The quantitative estimate of drug-likeness (QED) is 0.468. The third kappa shape index (κ3) is 3.69. The molecular formula is C13H15N3O2. The molecule has 0 radical (unpaired) electrons. The molecule has 0 atom stereocenters. The first-order chi connectivity index (χ1) is 8.65. The van der Waals surface area contributed by atoms with E-state index in [2.05, 4.69) is 15.8 Å². The molecule has 1 aliphatic carbocycles. The highest BCUT2D eigenvalue weighted by Crippen LogP contribution is 2.18. The second-order valence-electron chi connectivity index (χ2n) is 4.36. The summed E-state index contributed by atoms with van der Waals surface area (Å²) in [5.74, 6) is -1.36. The molecule has 0 aliphatic heterocycles. The van der Waals surface area contributed by atoms with Crippen LogP contribution in [0, 0.1) is 6.92 Å². The van der Waals surface area contributed by atoms with Crippen molar-refractivity contribution >= 4 is 18.0 Å². The molecule has 18 heavy (non-hydrogen) atoms. The van der Waals surface area contributed by atoms with Crippen LogP contribution >= 0.6 is 0 Å². The molecular weight excluding hydrogens is 230 g/mol. The Morgan fingerprint density at radius 3 is 2.50 bits per heavy atom. The van der Waals surface area contributed by atoms with Crippen LogP contribution in [0.5, 0.6) is 0 Å². The van der Waals surface area contributed by atoms with Gasteiger partial charge in [-0.2, -0.15) is 5.10 Å². The number of carbonyl (C=O) groups excluding carboxylic acids is 2. The zero-order valence-corrected chi connectivity index (χ0v) is 10.1. The van der Waals surface area contributed by atoms with Gasteiger partial charge in [-0.15, -0.1) is 0 Å². The van der Waals surface area contributed by atoms with Gasteiger partial charge in [-0.3, -0.25) is 9.59 Å². The highest BCUT2D eigenvalue weighted by molar-refractivity contribution is 6.35. The molecule has 94 valence electrons. The van der Waals surface area contributed by atoms with Gasteiger partial charge in [0.2, 0.25) is 0 Å². The molecule has 1 aliphatic rings. The normalized spacial score (nSPS) is 14.5. The van der Waals surface area contributed by atoms with E-state index in [-0.39, 0.29) is 6.04 Å². The van der Waals surface area contributed by atoms with Crippen molar-refractivity contribution in [3.05, 3.63) is 35.4 Å². The fourth-order valence-electron chi connectivity index (χ4n) is 1.35. The van der Waals surface area contributed by atoms with Crippen molar-refractivity contribution in [2.45, 2.75) is 25.8 Å². The number of hydrogen-bond acceptors (Lipinski definition) is 3. The Morgan fingerprint density at radius 1 is 1.22 bits per heavy atom. The Balaban J connectivity index is 1.80. The van der Waals surface area contributed by atoms with Crippen molar-refractivity contribution in [2.24, 2.45) is 5.10 Å². The predicted octanol–water partition coefficient (Wildman–Crippen LogP) is 0.724. The maximum atomic E-state index is 11.3. The zero-order chi connectivity index (χ0) is 13.0. The van der Waals surface area contributed by atoms with Gasteiger partial charge in [0.15, 0.2) is 0 Å². The summed E-state index contributed by atoms with van der Waals surface area (Å²) in [5, 5.41) is 6.32. The molecule has 0 spiro atoms. The summed E-state index contributed by atoms with van der Waals surface area (Å²) in [6, 6.07) is 7.83. The first-order valence-electron chi connectivity index (χ1n) is 5.86. The number of aryl methyl sites for hydroxylation is 1. The van der Waals surface area contributed by atoms with Crippen molar-refractivity contribution in [1.29, 1.82) is 0 Å². The first-order valence-corrected chi connectivity index (χ1v) is 5.86. The molecule has 0 unspecified atom stereocenters. The molecule has 1 aromatic rings. The number of carbonyl (C=O) groups is 2. The van der Waals surface area contributed by atoms with Gasteiger partial charge >= 0.3 is 11.8 Å². The van der Waals surface area contributed by atoms with E-state index < -0.39 is 11.8 Å². The van der Waals surface area contributed by atoms with Crippen LogP contribution in [-0.4, -0.2) is 24.1 Å². The molecule has 2 N–H and O–H groups in total. The number of nitrogens with zero attached hydrogens (tertiary/aromatic N) is 1. The smallest absolute Gasteiger partial charge is 0.329 e. The monoisotopic (exact) mass is 245 g/mol. The topological polar surface area (TPSA) is 70.6 Å². The molecule has 1 aromatic carbocycles. The standard InChI is InChI=1S/C13H15N3O2/c1-9-2-4-10(5-3-9)8-14-16-13(18)12(17)15-11-6-7-11/h2-5,8,11H,6-7H2,1H3,(H,15,17)(H,16,18)/b14-8-. The van der Waals surface area contributed by atoms with E-state index in [1.165, 1.54) is 6.21 Å². The lowest BCUT2D eigenvalue weighted by Crippen LogP contribution is -2.38. The number of hydrazone groups is 1. The minimum absolute atomic E-state index is 0.171. The number of rotatable bonds is 3. The summed E-state index contributed by atoms with van der Waals surface area (Å²) in [6.07, 6.45) is 3.40. The van der Waals surface area contributed by atoms with Crippen LogP contribution in [0.2, 0.25) is 0 Å². The highest BCUT2D eigenvalue weighted by Gasteiger charge is 2.26. The van der Waals surface area contributed by atoms with E-state index in [1.54, 1.807) is 0 Å². The zero-order valence-electron chi connectivity index (χ0n) is 10.1. The largest absolute Gasteiger partial charge is 0.345 e. The molecule has 1 fully saturated rings. The average molecular weight is 245 g/mol. The molecule has 2 rings (SSSR count). The Hall–Kier alpha value is -2.17. The third-order valence-electron chi connectivity index (χ3n) is 2.58. The van der Waals surface area contributed by atoms with Gasteiger partial charge in [0.25, 0.3) is 0 Å². The molecule has 0 aromatic heterocycles. The number of nitrogens with one attached hydrogen (secondary N) is 2. The van der Waals surface area contributed by atoms with Crippen LogP contribution in [0.15, 0.2) is 29.4 Å². The minimum Gasteiger partial charge on any atom is -0.345 e. The lowest BCUT2D eigenvalue weighted by molar-refractivity contribution is -0.139. The van der Waals surface area contributed by atoms with Gasteiger partial charge in [0.05, 0.1) is 6.21 Å². The van der Waals surface area contributed by atoms with Crippen molar-refractivity contribution in [1.82, 2.24) is 10.7 Å². The van der Waals surface area contributed by atoms with Gasteiger partial charge in [0, 0.05) is 6.04 Å². The predicted molar refractivity (Wildman–Crippen MR) is 68.1 cm³/mol. The Kier molecular flexibility index (Phi) is 3.72. The van der Waals surface area contributed by atoms with Crippen LogP contribution in [0.3, 0.4) is 0 Å². The lowest BCUT2D eigenvalue weighted by Gasteiger charge is -2.00. The maximum absolute atomic E-state index is 11.3. The molecule has 5 nitrogen and oxygen atoms in total. The summed E-state index contributed by atoms with van der Waals surface area (Å²) < 4.78 is 0. The maximum Gasteiger partial charge on any atom is 0.329 e. The molecule has 5 heteroatoms. The lowest BCUT2D eigenvalue weighted by atomic mass is 10.2. The Morgan fingerprint density at radius 2 is 1.89 bits per heavy atom. The van der Waals surface area contributed by atoms with Gasteiger partial charge in [0.1, 0.15) is 0 Å². The minimum atomic E-state index is -0.731. The van der Waals surface area contributed by atoms with Gasteiger partial charge < -0.3 is 5.32 Å². The SMILES string of the molecule is Cc1ccc(/C=N\NC(=O)C(=O)NC2CC2)cc1. The molecule has 1 saturated carbocycles. The Labute approximate surface area is 105 Å². The number of amides is 2. The van der Waals surface area contributed by atoms with E-state index in [9.17, 15) is 9.59 Å². The van der Waals surface area contributed by atoms with Crippen molar-refractivity contribution in [2.75, 3.05) is 0 Å². The van der Waals surface area contributed by atoms with Crippen LogP contribution < -0.4 is 10.7 Å². The van der Waals surface area contributed by atoms with Crippen molar-refractivity contribution < 1.29 is 9.59 Å². The van der Waals surface area contributed by atoms with Crippen molar-refractivity contribution in [3.8, 4) is 0 Å². The molecule has 0 saturated heterocycles. The Bertz CT molecular complexity index is 476. The molecule has 2 amide bonds. The first kappa shape index (κ1) is 12.3. The van der Waals surface area contributed by atoms with Crippen molar-refractivity contribution in [3.63, 3.8) is 0 Å². The highest BCUT2D eigenvalue weighted by atomic mass is 16.2. The summed E-state index contributed by atoms with van der Waals surface area (Å²) in [4.78, 5) is 22.6. The van der Waals surface area contributed by atoms with E-state index >= 15 is 0 Å². The van der Waals surface area contributed by atoms with Gasteiger partial charge in [-0.25, -0.2) is 5.43 Å². The van der Waals surface area contributed by atoms with Gasteiger partial charge in [-0.05, 0) is 25.3 Å². The summed E-state index contributed by atoms with van der Waals surface area (Å²) in [5.41, 5.74) is 4.21. The summed E-state index contributed by atoms with van der Waals surface area (Å²) >= 11 is 0. The van der Waals surface area contributed by atoms with Gasteiger partial charge in [-0.1, -0.05) is 29.8 Å². The average Bonchev–Trinajstić information content (AvgIpc) is 3.15. The number of benzene rings is 1. The van der Waals surface area contributed by atoms with Crippen LogP contribution in [0.4, 0.5) is 0 Å². The summed E-state index contributed by atoms with van der Waals surface area (Å²) in [6.45, 7) is 1.99. The second kappa shape index (κ2) is 5.44. The summed E-state index contributed by atoms with van der Waals surface area (Å²) in [7, 11) is 0. The van der Waals surface area contributed by atoms with Crippen LogP contribution in [0.25, 0.3) is 0 Å². The van der Waals surface area contributed by atoms with Crippen LogP contribution in [-0.2, 0) is 9.59 Å².